The Morgan fingerprint density at radius 1 is 0.914 bits per heavy atom. The first-order valence-corrected chi connectivity index (χ1v) is 12.3. The van der Waals surface area contributed by atoms with Gasteiger partial charge in [-0.05, 0) is 61.4 Å². The predicted molar refractivity (Wildman–Crippen MR) is 139 cm³/mol. The normalized spacial score (nSPS) is 15.0. The van der Waals surface area contributed by atoms with Crippen molar-refractivity contribution in [1.29, 1.82) is 0 Å². The summed E-state index contributed by atoms with van der Waals surface area (Å²) >= 11 is 0. The molecule has 178 valence electrons. The molecule has 1 aliphatic carbocycles. The number of anilines is 1. The number of aryl methyl sites for hydroxylation is 1. The number of carboxylic acid groups (broad SMARTS) is 1. The number of rotatable bonds is 8. The van der Waals surface area contributed by atoms with Crippen LogP contribution in [0, 0.1) is 5.92 Å². The van der Waals surface area contributed by atoms with Gasteiger partial charge in [0.2, 0.25) is 5.91 Å². The number of amides is 1. The van der Waals surface area contributed by atoms with Gasteiger partial charge in [-0.1, -0.05) is 66.7 Å². The van der Waals surface area contributed by atoms with E-state index >= 15 is 0 Å². The first-order valence-electron chi connectivity index (χ1n) is 12.3. The van der Waals surface area contributed by atoms with Gasteiger partial charge in [0.15, 0.2) is 0 Å². The number of para-hydroxylation sites is 2. The molecule has 5 nitrogen and oxygen atoms in total. The van der Waals surface area contributed by atoms with Gasteiger partial charge in [-0.25, -0.2) is 0 Å². The molecule has 0 spiro atoms. The van der Waals surface area contributed by atoms with E-state index in [4.69, 9.17) is 0 Å². The SMILES string of the molecule is O=C(O)Cn1c2c(c3ccccc31)CC(C(=O)N(CCCc1ccccc1)c1ccccc1)CC2. The van der Waals surface area contributed by atoms with Crippen LogP contribution in [0.1, 0.15) is 29.7 Å². The van der Waals surface area contributed by atoms with Crippen molar-refractivity contribution in [3.05, 3.63) is 102 Å². The summed E-state index contributed by atoms with van der Waals surface area (Å²) in [4.78, 5) is 27.4. The lowest BCUT2D eigenvalue weighted by Crippen LogP contribution is -2.39. The van der Waals surface area contributed by atoms with E-state index in [9.17, 15) is 14.7 Å². The summed E-state index contributed by atoms with van der Waals surface area (Å²) in [7, 11) is 0. The number of nitrogens with zero attached hydrogens (tertiary/aromatic N) is 2. The van der Waals surface area contributed by atoms with E-state index < -0.39 is 5.97 Å². The van der Waals surface area contributed by atoms with E-state index in [0.717, 1.165) is 47.1 Å². The summed E-state index contributed by atoms with van der Waals surface area (Å²) in [6.45, 7) is 0.617. The first-order chi connectivity index (χ1) is 17.1. The minimum Gasteiger partial charge on any atom is -0.480 e. The molecule has 5 heteroatoms. The van der Waals surface area contributed by atoms with E-state index in [0.29, 0.717) is 19.4 Å². The summed E-state index contributed by atoms with van der Waals surface area (Å²) < 4.78 is 1.92. The third-order valence-corrected chi connectivity index (χ3v) is 7.04. The van der Waals surface area contributed by atoms with Gasteiger partial charge in [-0.2, -0.15) is 0 Å². The van der Waals surface area contributed by atoms with E-state index in [-0.39, 0.29) is 18.4 Å². The minimum absolute atomic E-state index is 0.0515. The van der Waals surface area contributed by atoms with Gasteiger partial charge in [0, 0.05) is 34.7 Å². The average Bonchev–Trinajstić information content (AvgIpc) is 3.20. The number of carbonyl (C=O) groups excluding carboxylic acids is 1. The van der Waals surface area contributed by atoms with Crippen LogP contribution in [0.25, 0.3) is 10.9 Å². The van der Waals surface area contributed by atoms with Gasteiger partial charge in [0.25, 0.3) is 0 Å². The molecule has 1 aromatic heterocycles. The number of fused-ring (bicyclic) bond motifs is 3. The molecule has 0 aliphatic heterocycles. The zero-order valence-electron chi connectivity index (χ0n) is 19.8. The summed E-state index contributed by atoms with van der Waals surface area (Å²) in [5.74, 6) is -0.811. The molecule has 3 aromatic carbocycles. The van der Waals surface area contributed by atoms with Crippen LogP contribution in [-0.4, -0.2) is 28.1 Å². The summed E-state index contributed by atoms with van der Waals surface area (Å²) in [5, 5.41) is 10.5. The fourth-order valence-corrected chi connectivity index (χ4v) is 5.41. The molecule has 0 radical (unpaired) electrons. The van der Waals surface area contributed by atoms with Crippen LogP contribution in [-0.2, 0) is 35.4 Å². The van der Waals surface area contributed by atoms with E-state index in [1.807, 2.05) is 70.1 Å². The average molecular weight is 467 g/mol. The molecular weight excluding hydrogens is 436 g/mol. The molecule has 1 heterocycles. The maximum absolute atomic E-state index is 13.9. The second-order valence-corrected chi connectivity index (χ2v) is 9.28. The maximum atomic E-state index is 13.9. The molecule has 0 bridgehead atoms. The molecule has 1 unspecified atom stereocenters. The Balaban J connectivity index is 1.39. The van der Waals surface area contributed by atoms with Crippen LogP contribution in [0.3, 0.4) is 0 Å². The van der Waals surface area contributed by atoms with Crippen molar-refractivity contribution in [1.82, 2.24) is 4.57 Å². The van der Waals surface area contributed by atoms with E-state index in [2.05, 4.69) is 24.3 Å². The topological polar surface area (TPSA) is 62.5 Å². The molecule has 4 aromatic rings. The molecule has 35 heavy (non-hydrogen) atoms. The van der Waals surface area contributed by atoms with Crippen molar-refractivity contribution in [2.24, 2.45) is 5.92 Å². The predicted octanol–water partition coefficient (Wildman–Crippen LogP) is 5.50. The fourth-order valence-electron chi connectivity index (χ4n) is 5.41. The van der Waals surface area contributed by atoms with Crippen molar-refractivity contribution in [2.75, 3.05) is 11.4 Å². The van der Waals surface area contributed by atoms with E-state index in [1.165, 1.54) is 5.56 Å². The van der Waals surface area contributed by atoms with Crippen LogP contribution >= 0.6 is 0 Å². The van der Waals surface area contributed by atoms with Gasteiger partial charge < -0.3 is 14.6 Å². The Kier molecular flexibility index (Phi) is 6.66. The Labute approximate surface area is 205 Å². The Morgan fingerprint density at radius 3 is 2.34 bits per heavy atom. The van der Waals surface area contributed by atoms with Crippen LogP contribution in [0.5, 0.6) is 0 Å². The second kappa shape index (κ2) is 10.2. The lowest BCUT2D eigenvalue weighted by molar-refractivity contribution is -0.137. The van der Waals surface area contributed by atoms with Gasteiger partial charge in [-0.15, -0.1) is 0 Å². The maximum Gasteiger partial charge on any atom is 0.323 e. The van der Waals surface area contributed by atoms with Crippen molar-refractivity contribution in [3.63, 3.8) is 0 Å². The molecule has 0 saturated carbocycles. The smallest absolute Gasteiger partial charge is 0.323 e. The second-order valence-electron chi connectivity index (χ2n) is 9.28. The largest absolute Gasteiger partial charge is 0.480 e. The van der Waals surface area contributed by atoms with Crippen LogP contribution in [0.2, 0.25) is 0 Å². The number of aromatic nitrogens is 1. The number of hydrogen-bond acceptors (Lipinski definition) is 2. The number of carboxylic acids is 1. The zero-order chi connectivity index (χ0) is 24.2. The highest BCUT2D eigenvalue weighted by Crippen LogP contribution is 2.35. The van der Waals surface area contributed by atoms with Gasteiger partial charge in [0.1, 0.15) is 6.54 Å². The molecule has 1 aliphatic rings. The Morgan fingerprint density at radius 2 is 1.60 bits per heavy atom. The van der Waals surface area contributed by atoms with Gasteiger partial charge in [0.05, 0.1) is 0 Å². The molecular formula is C30H30N2O3. The van der Waals surface area contributed by atoms with Crippen molar-refractivity contribution in [2.45, 2.75) is 38.6 Å². The highest BCUT2D eigenvalue weighted by atomic mass is 16.4. The quantitative estimate of drug-likeness (QED) is 0.373. The third-order valence-electron chi connectivity index (χ3n) is 7.04. The number of hydrogen-bond donors (Lipinski definition) is 1. The minimum atomic E-state index is -0.847. The molecule has 1 N–H and O–H groups in total. The summed E-state index contributed by atoms with van der Waals surface area (Å²) in [6.07, 6.45) is 3.89. The highest BCUT2D eigenvalue weighted by Gasteiger charge is 2.32. The molecule has 1 amide bonds. The highest BCUT2D eigenvalue weighted by molar-refractivity contribution is 5.96. The number of aliphatic carboxylic acids is 1. The van der Waals surface area contributed by atoms with Gasteiger partial charge in [-0.3, -0.25) is 9.59 Å². The lowest BCUT2D eigenvalue weighted by atomic mass is 9.85. The van der Waals surface area contributed by atoms with Crippen LogP contribution in [0.4, 0.5) is 5.69 Å². The summed E-state index contributed by atoms with van der Waals surface area (Å²) in [5.41, 5.74) is 5.35. The molecule has 5 rings (SSSR count). The number of carbonyl (C=O) groups is 2. The molecule has 1 atom stereocenters. The van der Waals surface area contributed by atoms with Crippen molar-refractivity contribution >= 4 is 28.5 Å². The van der Waals surface area contributed by atoms with Crippen LogP contribution in [0.15, 0.2) is 84.9 Å². The Hall–Kier alpha value is -3.86. The monoisotopic (exact) mass is 466 g/mol. The fraction of sp³-hybridized carbons (Fsp3) is 0.267. The van der Waals surface area contributed by atoms with Crippen molar-refractivity contribution < 1.29 is 14.7 Å². The molecule has 0 fully saturated rings. The van der Waals surface area contributed by atoms with Crippen LogP contribution < -0.4 is 4.90 Å². The number of benzene rings is 3. The zero-order valence-corrected chi connectivity index (χ0v) is 19.8. The standard InChI is InChI=1S/C30H30N2O3/c33-29(34)21-32-27-16-8-7-15-25(27)26-20-23(17-18-28(26)32)30(35)31(24-13-5-2-6-14-24)19-9-12-22-10-3-1-4-11-22/h1-8,10-11,13-16,23H,9,12,17-21H2,(H,33,34). The Bertz CT molecular complexity index is 1330. The third kappa shape index (κ3) is 4.85. The first kappa shape index (κ1) is 22.9. The van der Waals surface area contributed by atoms with E-state index in [1.54, 1.807) is 0 Å². The summed E-state index contributed by atoms with van der Waals surface area (Å²) in [6, 6.07) is 28.3. The molecule has 0 saturated heterocycles. The lowest BCUT2D eigenvalue weighted by Gasteiger charge is -2.30. The van der Waals surface area contributed by atoms with Gasteiger partial charge >= 0.3 is 5.97 Å². The van der Waals surface area contributed by atoms with Crippen molar-refractivity contribution in [3.8, 4) is 0 Å².